The molecular weight excluding hydrogens is 226 g/mol. The topological polar surface area (TPSA) is 23.8 Å². The molecule has 1 nitrogen and oxygen atoms in total. The van der Waals surface area contributed by atoms with Gasteiger partial charge in [-0.05, 0) is 32.8 Å². The van der Waals surface area contributed by atoms with Crippen molar-refractivity contribution in [3.63, 3.8) is 0 Å². The van der Waals surface area contributed by atoms with Crippen LogP contribution in [0.15, 0.2) is 40.9 Å². The fourth-order valence-corrected chi connectivity index (χ4v) is 1.90. The summed E-state index contributed by atoms with van der Waals surface area (Å²) in [4.78, 5) is 0. The van der Waals surface area contributed by atoms with Crippen molar-refractivity contribution in [3.05, 3.63) is 46.4 Å². The molecule has 0 bridgehead atoms. The first kappa shape index (κ1) is 8.28. The normalized spacial score (nSPS) is 9.85. The van der Waals surface area contributed by atoms with Gasteiger partial charge in [0.05, 0.1) is 5.56 Å². The largest absolute Gasteiger partial charge is 0.192 e. The summed E-state index contributed by atoms with van der Waals surface area (Å²) in [5.74, 6) is 0. The molecule has 2 heteroatoms. The van der Waals surface area contributed by atoms with Crippen LogP contribution in [0, 0.1) is 11.3 Å². The predicted molar refractivity (Wildman–Crippen MR) is 56.4 cm³/mol. The molecule has 0 atom stereocenters. The Kier molecular flexibility index (Phi) is 2.03. The number of benzene rings is 2. The number of hydrogen-bond acceptors (Lipinski definition) is 1. The molecule has 0 spiro atoms. The van der Waals surface area contributed by atoms with Crippen molar-refractivity contribution in [2.45, 2.75) is 0 Å². The summed E-state index contributed by atoms with van der Waals surface area (Å²) in [6.45, 7) is 0. The fraction of sp³-hybridized carbons (Fsp3) is 0. The van der Waals surface area contributed by atoms with Crippen LogP contribution in [0.1, 0.15) is 5.56 Å². The first-order chi connectivity index (χ1) is 6.33. The second-order valence-corrected chi connectivity index (χ2v) is 3.55. The highest BCUT2D eigenvalue weighted by Crippen LogP contribution is 2.26. The summed E-state index contributed by atoms with van der Waals surface area (Å²) in [6.07, 6.45) is 0. The SMILES string of the molecule is N#Cc1ccc2ccccc2c1Br. The van der Waals surface area contributed by atoms with Gasteiger partial charge in [0.2, 0.25) is 0 Å². The minimum Gasteiger partial charge on any atom is -0.192 e. The van der Waals surface area contributed by atoms with Crippen LogP contribution in [0.25, 0.3) is 10.8 Å². The zero-order valence-electron chi connectivity index (χ0n) is 6.79. The summed E-state index contributed by atoms with van der Waals surface area (Å²) in [5.41, 5.74) is 0.679. The van der Waals surface area contributed by atoms with Crippen LogP contribution >= 0.6 is 15.9 Å². The van der Waals surface area contributed by atoms with Crippen LogP contribution in [0.5, 0.6) is 0 Å². The van der Waals surface area contributed by atoms with Crippen molar-refractivity contribution >= 4 is 26.7 Å². The van der Waals surface area contributed by atoms with Crippen LogP contribution < -0.4 is 0 Å². The van der Waals surface area contributed by atoms with E-state index in [2.05, 4.69) is 22.0 Å². The van der Waals surface area contributed by atoms with E-state index in [9.17, 15) is 0 Å². The maximum absolute atomic E-state index is 8.80. The van der Waals surface area contributed by atoms with Gasteiger partial charge < -0.3 is 0 Å². The number of rotatable bonds is 0. The fourth-order valence-electron chi connectivity index (χ4n) is 1.32. The Morgan fingerprint density at radius 2 is 1.85 bits per heavy atom. The Hall–Kier alpha value is -1.33. The van der Waals surface area contributed by atoms with Crippen molar-refractivity contribution in [2.75, 3.05) is 0 Å². The van der Waals surface area contributed by atoms with E-state index in [1.165, 1.54) is 0 Å². The molecular formula is C11H6BrN. The van der Waals surface area contributed by atoms with E-state index in [4.69, 9.17) is 5.26 Å². The second-order valence-electron chi connectivity index (χ2n) is 2.76. The first-order valence-corrected chi connectivity index (χ1v) is 4.69. The molecule has 0 fully saturated rings. The summed E-state index contributed by atoms with van der Waals surface area (Å²) in [5, 5.41) is 11.0. The number of halogens is 1. The minimum absolute atomic E-state index is 0.679. The lowest BCUT2D eigenvalue weighted by molar-refractivity contribution is 1.48. The lowest BCUT2D eigenvalue weighted by Crippen LogP contribution is -1.79. The second kappa shape index (κ2) is 3.20. The third kappa shape index (κ3) is 1.32. The Bertz CT molecular complexity index is 497. The average molecular weight is 232 g/mol. The van der Waals surface area contributed by atoms with Crippen LogP contribution in [-0.4, -0.2) is 0 Å². The number of nitrogens with zero attached hydrogens (tertiary/aromatic N) is 1. The molecule has 0 saturated heterocycles. The number of fused-ring (bicyclic) bond motifs is 1. The van der Waals surface area contributed by atoms with Crippen molar-refractivity contribution in [3.8, 4) is 6.07 Å². The van der Waals surface area contributed by atoms with Crippen molar-refractivity contribution in [1.29, 1.82) is 5.26 Å². The number of nitriles is 1. The van der Waals surface area contributed by atoms with Crippen LogP contribution in [0.4, 0.5) is 0 Å². The van der Waals surface area contributed by atoms with Gasteiger partial charge in [-0.1, -0.05) is 30.3 Å². The van der Waals surface area contributed by atoms with Gasteiger partial charge in [-0.25, -0.2) is 0 Å². The molecule has 0 radical (unpaired) electrons. The summed E-state index contributed by atoms with van der Waals surface area (Å²) >= 11 is 3.42. The molecule has 2 rings (SSSR count). The summed E-state index contributed by atoms with van der Waals surface area (Å²) in [7, 11) is 0. The monoisotopic (exact) mass is 231 g/mol. The van der Waals surface area contributed by atoms with Crippen LogP contribution in [0.2, 0.25) is 0 Å². The molecule has 2 aromatic rings. The molecule has 2 aromatic carbocycles. The van der Waals surface area contributed by atoms with Gasteiger partial charge in [-0.15, -0.1) is 0 Å². The molecule has 0 heterocycles. The Balaban J connectivity index is 2.89. The van der Waals surface area contributed by atoms with E-state index < -0.39 is 0 Å². The molecule has 13 heavy (non-hydrogen) atoms. The molecule has 0 aliphatic carbocycles. The average Bonchev–Trinajstić information content (AvgIpc) is 2.19. The summed E-state index contributed by atoms with van der Waals surface area (Å²) in [6, 6.07) is 13.9. The zero-order valence-corrected chi connectivity index (χ0v) is 8.38. The van der Waals surface area contributed by atoms with Crippen molar-refractivity contribution in [1.82, 2.24) is 0 Å². The van der Waals surface area contributed by atoms with Gasteiger partial charge in [-0.2, -0.15) is 5.26 Å². The standard InChI is InChI=1S/C11H6BrN/c12-11-9(7-13)6-5-8-3-1-2-4-10(8)11/h1-6H. The molecule has 0 aromatic heterocycles. The van der Waals surface area contributed by atoms with Gasteiger partial charge in [0.15, 0.2) is 0 Å². The molecule has 0 aliphatic heterocycles. The molecule has 0 N–H and O–H groups in total. The lowest BCUT2D eigenvalue weighted by Gasteiger charge is -2.00. The highest BCUT2D eigenvalue weighted by molar-refractivity contribution is 9.10. The quantitative estimate of drug-likeness (QED) is 0.682. The van der Waals surface area contributed by atoms with Gasteiger partial charge in [0.25, 0.3) is 0 Å². The third-order valence-corrected chi connectivity index (χ3v) is 2.84. The van der Waals surface area contributed by atoms with Gasteiger partial charge in [0, 0.05) is 4.47 Å². The smallest absolute Gasteiger partial charge is 0.100 e. The lowest BCUT2D eigenvalue weighted by atomic mass is 10.1. The minimum atomic E-state index is 0.679. The van der Waals surface area contributed by atoms with E-state index in [1.54, 1.807) is 0 Å². The van der Waals surface area contributed by atoms with Crippen LogP contribution in [0.3, 0.4) is 0 Å². The van der Waals surface area contributed by atoms with E-state index in [-0.39, 0.29) is 0 Å². The van der Waals surface area contributed by atoms with E-state index >= 15 is 0 Å². The van der Waals surface area contributed by atoms with E-state index in [0.29, 0.717) is 5.56 Å². The van der Waals surface area contributed by atoms with Gasteiger partial charge in [-0.3, -0.25) is 0 Å². The molecule has 0 unspecified atom stereocenters. The highest BCUT2D eigenvalue weighted by atomic mass is 79.9. The number of hydrogen-bond donors (Lipinski definition) is 0. The van der Waals surface area contributed by atoms with Crippen molar-refractivity contribution in [2.24, 2.45) is 0 Å². The van der Waals surface area contributed by atoms with Crippen LogP contribution in [-0.2, 0) is 0 Å². The summed E-state index contributed by atoms with van der Waals surface area (Å²) < 4.78 is 0.883. The predicted octanol–water partition coefficient (Wildman–Crippen LogP) is 3.47. The maximum atomic E-state index is 8.80. The van der Waals surface area contributed by atoms with Gasteiger partial charge >= 0.3 is 0 Å². The Morgan fingerprint density at radius 3 is 2.62 bits per heavy atom. The zero-order chi connectivity index (χ0) is 9.26. The molecule has 62 valence electrons. The molecule has 0 amide bonds. The Labute approximate surface area is 84.7 Å². The van der Waals surface area contributed by atoms with E-state index in [1.807, 2.05) is 36.4 Å². The molecule has 0 aliphatic rings. The first-order valence-electron chi connectivity index (χ1n) is 3.90. The molecule has 0 saturated carbocycles. The Morgan fingerprint density at radius 1 is 1.08 bits per heavy atom. The van der Waals surface area contributed by atoms with E-state index in [0.717, 1.165) is 15.2 Å². The maximum Gasteiger partial charge on any atom is 0.100 e. The third-order valence-electron chi connectivity index (χ3n) is 1.98. The van der Waals surface area contributed by atoms with Crippen molar-refractivity contribution < 1.29 is 0 Å². The highest BCUT2D eigenvalue weighted by Gasteiger charge is 2.02. The van der Waals surface area contributed by atoms with Gasteiger partial charge in [0.1, 0.15) is 6.07 Å².